The Labute approximate surface area is 139 Å². The van der Waals surface area contributed by atoms with Gasteiger partial charge in [-0.1, -0.05) is 44.4 Å². The van der Waals surface area contributed by atoms with Crippen molar-refractivity contribution >= 4 is 17.8 Å². The summed E-state index contributed by atoms with van der Waals surface area (Å²) < 4.78 is 0. The summed E-state index contributed by atoms with van der Waals surface area (Å²) >= 11 is 0. The number of hydrogen-bond acceptors (Lipinski definition) is 3. The van der Waals surface area contributed by atoms with Crippen molar-refractivity contribution in [1.82, 2.24) is 4.90 Å². The first kappa shape index (κ1) is 16.2. The number of carbonyl (C=O) groups is 1. The molecule has 0 N–H and O–H groups in total. The Bertz CT molecular complexity index is 578. The lowest BCUT2D eigenvalue weighted by atomic mass is 9.93. The molecule has 0 aromatic heterocycles. The van der Waals surface area contributed by atoms with Crippen LogP contribution in [0.25, 0.3) is 0 Å². The monoisotopic (exact) mass is 313 g/mol. The van der Waals surface area contributed by atoms with Gasteiger partial charge in [0.1, 0.15) is 6.17 Å². The van der Waals surface area contributed by atoms with Crippen LogP contribution in [0.3, 0.4) is 0 Å². The van der Waals surface area contributed by atoms with E-state index in [1.165, 1.54) is 38.3 Å². The molecule has 0 spiro atoms. The molecule has 1 fully saturated rings. The summed E-state index contributed by atoms with van der Waals surface area (Å²) in [5.41, 5.74) is 2.17. The summed E-state index contributed by atoms with van der Waals surface area (Å²) in [6, 6.07) is 8.80. The Kier molecular flexibility index (Phi) is 5.11. The Morgan fingerprint density at radius 2 is 1.96 bits per heavy atom. The Hall–Kier alpha value is -1.68. The normalized spacial score (nSPS) is 22.3. The van der Waals surface area contributed by atoms with Gasteiger partial charge in [0.25, 0.3) is 5.91 Å². The molecule has 1 aliphatic carbocycles. The lowest BCUT2D eigenvalue weighted by molar-refractivity contribution is -0.112. The molecule has 23 heavy (non-hydrogen) atoms. The van der Waals surface area contributed by atoms with Crippen molar-refractivity contribution in [2.24, 2.45) is 4.99 Å². The number of aliphatic imine (C=N–C) groups is 1. The van der Waals surface area contributed by atoms with Gasteiger partial charge in [-0.2, -0.15) is 0 Å². The highest BCUT2D eigenvalue weighted by molar-refractivity contribution is 6.33. The van der Waals surface area contributed by atoms with Gasteiger partial charge in [-0.15, -0.1) is 0 Å². The van der Waals surface area contributed by atoms with Gasteiger partial charge >= 0.3 is 0 Å². The predicted molar refractivity (Wildman–Crippen MR) is 95.0 cm³/mol. The lowest BCUT2D eigenvalue weighted by Crippen LogP contribution is -2.36. The van der Waals surface area contributed by atoms with Crippen molar-refractivity contribution in [2.45, 2.75) is 57.7 Å². The summed E-state index contributed by atoms with van der Waals surface area (Å²) in [7, 11) is 2.16. The number of carbonyl (C=O) groups excluding carboxylic acids is 1. The smallest absolute Gasteiger partial charge is 0.269 e. The first-order valence-corrected chi connectivity index (χ1v) is 8.88. The SMILES string of the molecule is CCCN1C(=O)C=NC(N(C)C2CCCCC2)c2ccccc21. The van der Waals surface area contributed by atoms with Gasteiger partial charge in [-0.3, -0.25) is 14.7 Å². The number of anilines is 1. The molecular formula is C19H27N3O. The Morgan fingerprint density at radius 3 is 2.70 bits per heavy atom. The van der Waals surface area contributed by atoms with Crippen molar-refractivity contribution in [2.75, 3.05) is 18.5 Å². The van der Waals surface area contributed by atoms with E-state index >= 15 is 0 Å². The quantitative estimate of drug-likeness (QED) is 0.848. The molecule has 0 saturated heterocycles. The van der Waals surface area contributed by atoms with Crippen LogP contribution in [0.2, 0.25) is 0 Å². The van der Waals surface area contributed by atoms with Crippen LogP contribution in [0.1, 0.15) is 57.2 Å². The maximum absolute atomic E-state index is 12.5. The highest BCUT2D eigenvalue weighted by Crippen LogP contribution is 2.36. The fourth-order valence-corrected chi connectivity index (χ4v) is 3.82. The summed E-state index contributed by atoms with van der Waals surface area (Å²) in [5, 5.41) is 0. The zero-order valence-electron chi connectivity index (χ0n) is 14.2. The predicted octanol–water partition coefficient (Wildman–Crippen LogP) is 3.78. The Morgan fingerprint density at radius 1 is 1.22 bits per heavy atom. The second kappa shape index (κ2) is 7.26. The summed E-state index contributed by atoms with van der Waals surface area (Å²) in [4.78, 5) is 21.4. The van der Waals surface area contributed by atoms with E-state index in [1.54, 1.807) is 0 Å². The fraction of sp³-hybridized carbons (Fsp3) is 0.579. The van der Waals surface area contributed by atoms with E-state index in [1.807, 2.05) is 11.0 Å². The van der Waals surface area contributed by atoms with E-state index in [-0.39, 0.29) is 12.1 Å². The molecule has 0 bridgehead atoms. The highest BCUT2D eigenvalue weighted by atomic mass is 16.2. The molecule has 1 atom stereocenters. The topological polar surface area (TPSA) is 35.9 Å². The molecule has 2 aliphatic rings. The van der Waals surface area contributed by atoms with E-state index in [0.717, 1.165) is 24.2 Å². The van der Waals surface area contributed by atoms with Crippen molar-refractivity contribution in [3.05, 3.63) is 29.8 Å². The second-order valence-electron chi connectivity index (χ2n) is 6.66. The highest BCUT2D eigenvalue weighted by Gasteiger charge is 2.30. The van der Waals surface area contributed by atoms with Gasteiger partial charge in [0.15, 0.2) is 0 Å². The van der Waals surface area contributed by atoms with Gasteiger partial charge < -0.3 is 4.90 Å². The average Bonchev–Trinajstić information content (AvgIpc) is 2.73. The third-order valence-electron chi connectivity index (χ3n) is 5.08. The van der Waals surface area contributed by atoms with Gasteiger partial charge in [-0.05, 0) is 32.4 Å². The largest absolute Gasteiger partial charge is 0.307 e. The molecule has 1 unspecified atom stereocenters. The lowest BCUT2D eigenvalue weighted by Gasteiger charge is -2.36. The third-order valence-corrected chi connectivity index (χ3v) is 5.08. The maximum atomic E-state index is 12.5. The minimum absolute atomic E-state index is 0.00107. The number of hydrogen-bond donors (Lipinski definition) is 0. The standard InChI is InChI=1S/C19H27N3O/c1-3-13-22-17-12-8-7-11-16(17)19(20-14-18(22)23)21(2)15-9-5-4-6-10-15/h7-8,11-12,14-15,19H,3-6,9-10,13H2,1-2H3. The van der Waals surface area contributed by atoms with Crippen molar-refractivity contribution < 1.29 is 4.79 Å². The molecule has 0 radical (unpaired) electrons. The van der Waals surface area contributed by atoms with Gasteiger partial charge in [0.05, 0.1) is 11.9 Å². The van der Waals surface area contributed by atoms with Crippen molar-refractivity contribution in [3.63, 3.8) is 0 Å². The van der Waals surface area contributed by atoms with Crippen molar-refractivity contribution in [1.29, 1.82) is 0 Å². The number of rotatable bonds is 4. The second-order valence-corrected chi connectivity index (χ2v) is 6.66. The van der Waals surface area contributed by atoms with Crippen molar-refractivity contribution in [3.8, 4) is 0 Å². The van der Waals surface area contributed by atoms with E-state index < -0.39 is 0 Å². The summed E-state index contributed by atoms with van der Waals surface area (Å²) in [6.45, 7) is 2.84. The Balaban J connectivity index is 1.95. The van der Waals surface area contributed by atoms with E-state index in [9.17, 15) is 4.79 Å². The summed E-state index contributed by atoms with van der Waals surface area (Å²) in [5.74, 6) is -0.00107. The molecule has 1 aromatic rings. The fourth-order valence-electron chi connectivity index (χ4n) is 3.82. The molecule has 4 nitrogen and oxygen atoms in total. The van der Waals surface area contributed by atoms with E-state index in [4.69, 9.17) is 0 Å². The van der Waals surface area contributed by atoms with Crippen LogP contribution < -0.4 is 4.90 Å². The van der Waals surface area contributed by atoms with Gasteiger partial charge in [0, 0.05) is 18.2 Å². The first-order chi connectivity index (χ1) is 11.2. The third kappa shape index (κ3) is 3.32. The van der Waals surface area contributed by atoms with Crippen LogP contribution >= 0.6 is 0 Å². The number of benzene rings is 1. The maximum Gasteiger partial charge on any atom is 0.269 e. The molecule has 1 aromatic carbocycles. The zero-order valence-corrected chi connectivity index (χ0v) is 14.2. The number of fused-ring (bicyclic) bond motifs is 1. The molecule has 124 valence electrons. The van der Waals surface area contributed by atoms with E-state index in [2.05, 4.69) is 42.1 Å². The van der Waals surface area contributed by atoms with E-state index in [0.29, 0.717) is 6.04 Å². The summed E-state index contributed by atoms with van der Waals surface area (Å²) in [6.07, 6.45) is 8.82. The van der Waals surface area contributed by atoms with Crippen LogP contribution in [0.5, 0.6) is 0 Å². The van der Waals surface area contributed by atoms with Gasteiger partial charge in [-0.25, -0.2) is 0 Å². The molecule has 1 heterocycles. The van der Waals surface area contributed by atoms with Gasteiger partial charge in [0.2, 0.25) is 0 Å². The van der Waals surface area contributed by atoms with Crippen LogP contribution in [-0.4, -0.2) is 36.7 Å². The number of amides is 1. The minimum atomic E-state index is -0.0555. The molecule has 1 saturated carbocycles. The first-order valence-electron chi connectivity index (χ1n) is 8.88. The molecule has 4 heteroatoms. The van der Waals surface area contributed by atoms with Crippen LogP contribution in [0.15, 0.2) is 29.3 Å². The molecule has 3 rings (SSSR count). The minimum Gasteiger partial charge on any atom is -0.307 e. The average molecular weight is 313 g/mol. The van der Waals surface area contributed by atoms with Crippen LogP contribution in [0.4, 0.5) is 5.69 Å². The molecular weight excluding hydrogens is 286 g/mol. The zero-order chi connectivity index (χ0) is 16.2. The molecule has 1 aliphatic heterocycles. The number of para-hydroxylation sites is 1. The molecule has 1 amide bonds. The van der Waals surface area contributed by atoms with Crippen LogP contribution in [0, 0.1) is 0 Å². The number of nitrogens with zero attached hydrogens (tertiary/aromatic N) is 3. The van der Waals surface area contributed by atoms with Crippen LogP contribution in [-0.2, 0) is 4.79 Å².